The Kier molecular flexibility index (Phi) is 7.32. The van der Waals surface area contributed by atoms with Gasteiger partial charge in [-0.05, 0) is 75.2 Å². The van der Waals surface area contributed by atoms with Gasteiger partial charge in [-0.25, -0.2) is 13.1 Å². The maximum Gasteiger partial charge on any atom is 0.280 e. The molecule has 1 aromatic heterocycles. The quantitative estimate of drug-likeness (QED) is 0.536. The molecule has 0 spiro atoms. The van der Waals surface area contributed by atoms with Gasteiger partial charge in [-0.3, -0.25) is 9.59 Å². The Morgan fingerprint density at radius 2 is 1.80 bits per heavy atom. The second kappa shape index (κ2) is 10.4. The van der Waals surface area contributed by atoms with E-state index in [0.29, 0.717) is 30.3 Å². The first-order chi connectivity index (χ1) is 16.8. The standard InChI is InChI=1S/C25H28N4O5S/c1-3-34-21-11-9-20(10-12-21)28-17-15-23(30)24(27-28)25(31)26-19-7-13-22(14-8-19)35(32,33)29-16-5-4-6-18(29)2/h7-15,17-18H,3-6,16H2,1-2H3,(H,26,31)/t18-/m1/s1. The van der Waals surface area contributed by atoms with Crippen molar-refractivity contribution in [2.24, 2.45) is 0 Å². The van der Waals surface area contributed by atoms with Crippen molar-refractivity contribution in [1.29, 1.82) is 0 Å². The van der Waals surface area contributed by atoms with Crippen molar-refractivity contribution in [3.05, 3.63) is 76.7 Å². The second-order valence-corrected chi connectivity index (χ2v) is 10.2. The topological polar surface area (TPSA) is 111 Å². The molecule has 184 valence electrons. The fourth-order valence-electron chi connectivity index (χ4n) is 4.04. The highest BCUT2D eigenvalue weighted by atomic mass is 32.2. The molecular formula is C25H28N4O5S. The number of piperidine rings is 1. The van der Waals surface area contributed by atoms with E-state index in [1.165, 1.54) is 45.5 Å². The van der Waals surface area contributed by atoms with E-state index in [1.807, 2.05) is 13.8 Å². The number of hydrogen-bond donors (Lipinski definition) is 1. The summed E-state index contributed by atoms with van der Waals surface area (Å²) in [5.41, 5.74) is 0.213. The summed E-state index contributed by atoms with van der Waals surface area (Å²) < 4.78 is 34.4. The summed E-state index contributed by atoms with van der Waals surface area (Å²) in [7, 11) is -3.61. The van der Waals surface area contributed by atoms with Crippen molar-refractivity contribution >= 4 is 21.6 Å². The summed E-state index contributed by atoms with van der Waals surface area (Å²) >= 11 is 0. The highest BCUT2D eigenvalue weighted by Gasteiger charge is 2.30. The molecule has 0 saturated carbocycles. The number of hydrogen-bond acceptors (Lipinski definition) is 6. The molecule has 1 fully saturated rings. The van der Waals surface area contributed by atoms with Crippen molar-refractivity contribution in [2.45, 2.75) is 44.0 Å². The molecule has 0 unspecified atom stereocenters. The molecule has 2 aromatic carbocycles. The molecule has 0 radical (unpaired) electrons. The average molecular weight is 497 g/mol. The number of amides is 1. The van der Waals surface area contributed by atoms with E-state index in [9.17, 15) is 18.0 Å². The van der Waals surface area contributed by atoms with Gasteiger partial charge in [0.2, 0.25) is 15.5 Å². The van der Waals surface area contributed by atoms with Gasteiger partial charge in [0.05, 0.1) is 17.2 Å². The number of sulfonamides is 1. The molecule has 1 amide bonds. The number of benzene rings is 2. The van der Waals surface area contributed by atoms with E-state index in [-0.39, 0.29) is 16.6 Å². The first-order valence-corrected chi connectivity index (χ1v) is 13.0. The monoisotopic (exact) mass is 496 g/mol. The average Bonchev–Trinajstić information content (AvgIpc) is 2.85. The van der Waals surface area contributed by atoms with Crippen LogP contribution in [-0.2, 0) is 10.0 Å². The van der Waals surface area contributed by atoms with Crippen LogP contribution >= 0.6 is 0 Å². The lowest BCUT2D eigenvalue weighted by atomic mass is 10.1. The lowest BCUT2D eigenvalue weighted by molar-refractivity contribution is 0.101. The molecule has 1 N–H and O–H groups in total. The van der Waals surface area contributed by atoms with E-state index in [0.717, 1.165) is 19.3 Å². The van der Waals surface area contributed by atoms with Crippen LogP contribution in [0.25, 0.3) is 5.69 Å². The third-order valence-electron chi connectivity index (χ3n) is 5.90. The smallest absolute Gasteiger partial charge is 0.280 e. The van der Waals surface area contributed by atoms with E-state index in [1.54, 1.807) is 24.3 Å². The highest BCUT2D eigenvalue weighted by Crippen LogP contribution is 2.26. The van der Waals surface area contributed by atoms with Gasteiger partial charge in [-0.2, -0.15) is 9.40 Å². The molecule has 0 bridgehead atoms. The minimum Gasteiger partial charge on any atom is -0.494 e. The van der Waals surface area contributed by atoms with Crippen LogP contribution < -0.4 is 15.5 Å². The van der Waals surface area contributed by atoms with Crippen molar-refractivity contribution in [3.8, 4) is 11.4 Å². The third kappa shape index (κ3) is 5.44. The fourth-order valence-corrected chi connectivity index (χ4v) is 5.73. The normalized spacial score (nSPS) is 16.6. The Bertz CT molecular complexity index is 1350. The summed E-state index contributed by atoms with van der Waals surface area (Å²) in [5.74, 6) is 0.0195. The molecule has 1 aliphatic heterocycles. The SMILES string of the molecule is CCOc1ccc(-n2ccc(=O)c(C(=O)Nc3ccc(S(=O)(=O)N4CCCC[C@H]4C)cc3)n2)cc1. The maximum absolute atomic E-state index is 13.0. The summed E-state index contributed by atoms with van der Waals surface area (Å²) in [5, 5.41) is 6.82. The number of nitrogens with zero attached hydrogens (tertiary/aromatic N) is 3. The Balaban J connectivity index is 1.51. The van der Waals surface area contributed by atoms with Crippen LogP contribution in [0, 0.1) is 0 Å². The van der Waals surface area contributed by atoms with E-state index < -0.39 is 21.4 Å². The van der Waals surface area contributed by atoms with Crippen LogP contribution in [0.5, 0.6) is 5.75 Å². The highest BCUT2D eigenvalue weighted by molar-refractivity contribution is 7.89. The molecule has 1 saturated heterocycles. The maximum atomic E-state index is 13.0. The largest absolute Gasteiger partial charge is 0.494 e. The minimum atomic E-state index is -3.61. The Hall–Kier alpha value is -3.50. The molecule has 1 aliphatic rings. The van der Waals surface area contributed by atoms with Gasteiger partial charge in [0.1, 0.15) is 5.75 Å². The molecule has 10 heteroatoms. The molecule has 0 aliphatic carbocycles. The van der Waals surface area contributed by atoms with Gasteiger partial charge in [0, 0.05) is 30.5 Å². The number of carbonyl (C=O) groups excluding carboxylic acids is 1. The van der Waals surface area contributed by atoms with E-state index >= 15 is 0 Å². The first-order valence-electron chi connectivity index (χ1n) is 11.6. The van der Waals surface area contributed by atoms with Gasteiger partial charge in [0.25, 0.3) is 5.91 Å². The lowest BCUT2D eigenvalue weighted by Gasteiger charge is -2.32. The van der Waals surface area contributed by atoms with Gasteiger partial charge < -0.3 is 10.1 Å². The van der Waals surface area contributed by atoms with Gasteiger partial charge in [0.15, 0.2) is 5.69 Å². The van der Waals surface area contributed by atoms with E-state index in [2.05, 4.69) is 10.4 Å². The number of anilines is 1. The second-order valence-electron chi connectivity index (χ2n) is 8.34. The minimum absolute atomic E-state index is 0.0465. The molecule has 3 aromatic rings. The molecule has 35 heavy (non-hydrogen) atoms. The van der Waals surface area contributed by atoms with Crippen molar-refractivity contribution in [1.82, 2.24) is 14.1 Å². The van der Waals surface area contributed by atoms with Crippen molar-refractivity contribution < 1.29 is 17.9 Å². The Morgan fingerprint density at radius 3 is 2.46 bits per heavy atom. The van der Waals surface area contributed by atoms with Gasteiger partial charge in [-0.15, -0.1) is 0 Å². The summed E-state index contributed by atoms with van der Waals surface area (Å²) in [6.07, 6.45) is 4.18. The number of carbonyl (C=O) groups is 1. The Morgan fingerprint density at radius 1 is 1.09 bits per heavy atom. The molecule has 4 rings (SSSR count). The van der Waals surface area contributed by atoms with Gasteiger partial charge >= 0.3 is 0 Å². The first kappa shape index (κ1) is 24.6. The van der Waals surface area contributed by atoms with Crippen molar-refractivity contribution in [2.75, 3.05) is 18.5 Å². The molecule has 1 atom stereocenters. The summed E-state index contributed by atoms with van der Waals surface area (Å²) in [6.45, 7) is 4.86. The van der Waals surface area contributed by atoms with Crippen LogP contribution in [-0.4, -0.2) is 47.6 Å². The summed E-state index contributed by atoms with van der Waals surface area (Å²) in [4.78, 5) is 25.3. The zero-order chi connectivity index (χ0) is 25.0. The van der Waals surface area contributed by atoms with E-state index in [4.69, 9.17) is 4.74 Å². The lowest BCUT2D eigenvalue weighted by Crippen LogP contribution is -2.41. The predicted molar refractivity (Wildman–Crippen MR) is 133 cm³/mol. The molecular weight excluding hydrogens is 468 g/mol. The molecule has 2 heterocycles. The van der Waals surface area contributed by atoms with Crippen LogP contribution in [0.2, 0.25) is 0 Å². The number of ether oxygens (including phenoxy) is 1. The third-order valence-corrected chi connectivity index (χ3v) is 7.92. The molecule has 9 nitrogen and oxygen atoms in total. The fraction of sp³-hybridized carbons (Fsp3) is 0.320. The van der Waals surface area contributed by atoms with Crippen LogP contribution in [0.4, 0.5) is 5.69 Å². The van der Waals surface area contributed by atoms with Crippen LogP contribution in [0.3, 0.4) is 0 Å². The van der Waals surface area contributed by atoms with Gasteiger partial charge in [-0.1, -0.05) is 6.42 Å². The zero-order valence-electron chi connectivity index (χ0n) is 19.7. The predicted octanol–water partition coefficient (Wildman–Crippen LogP) is 3.45. The zero-order valence-corrected chi connectivity index (χ0v) is 20.5. The summed E-state index contributed by atoms with van der Waals surface area (Å²) in [6, 6.07) is 14.3. The van der Waals surface area contributed by atoms with Crippen LogP contribution in [0.15, 0.2) is 70.5 Å². The number of rotatable bonds is 7. The number of aromatic nitrogens is 2. The Labute approximate surface area is 204 Å². The number of nitrogens with one attached hydrogen (secondary N) is 1. The van der Waals surface area contributed by atoms with Crippen molar-refractivity contribution in [3.63, 3.8) is 0 Å². The van der Waals surface area contributed by atoms with Crippen LogP contribution in [0.1, 0.15) is 43.6 Å².